The quantitative estimate of drug-likeness (QED) is 0.728. The van der Waals surface area contributed by atoms with Gasteiger partial charge in [-0.25, -0.2) is 18.1 Å². The summed E-state index contributed by atoms with van der Waals surface area (Å²) in [6.45, 7) is -0.00728. The van der Waals surface area contributed by atoms with E-state index in [1.54, 1.807) is 0 Å². The van der Waals surface area contributed by atoms with Crippen LogP contribution in [0.2, 0.25) is 0 Å². The molecule has 0 saturated heterocycles. The molecular formula is C12H21N3O3S. The molecule has 0 aliphatic heterocycles. The summed E-state index contributed by atoms with van der Waals surface area (Å²) in [5, 5.41) is 9.21. The summed E-state index contributed by atoms with van der Waals surface area (Å²) in [7, 11) is -3.57. The first kappa shape index (κ1) is 14.5. The van der Waals surface area contributed by atoms with Crippen LogP contribution in [0.1, 0.15) is 38.5 Å². The average molecular weight is 287 g/mol. The zero-order valence-electron chi connectivity index (χ0n) is 10.9. The maximum Gasteiger partial charge on any atom is 0.257 e. The average Bonchev–Trinajstić information content (AvgIpc) is 2.94. The molecule has 0 bridgehead atoms. The number of sulfonamides is 1. The number of nitrogens with zero attached hydrogens (tertiary/aromatic N) is 1. The van der Waals surface area contributed by atoms with Crippen LogP contribution in [-0.4, -0.2) is 36.1 Å². The first-order valence-electron chi connectivity index (χ1n) is 6.75. The van der Waals surface area contributed by atoms with Gasteiger partial charge >= 0.3 is 0 Å². The number of rotatable bonds is 6. The molecular weight excluding hydrogens is 266 g/mol. The molecule has 1 atom stereocenters. The lowest BCUT2D eigenvalue weighted by atomic mass is 9.83. The number of aromatic amines is 1. The van der Waals surface area contributed by atoms with E-state index in [1.165, 1.54) is 18.9 Å². The molecule has 1 aliphatic carbocycles. The van der Waals surface area contributed by atoms with Gasteiger partial charge in [0, 0.05) is 12.6 Å². The van der Waals surface area contributed by atoms with Gasteiger partial charge in [-0.1, -0.05) is 19.3 Å². The fourth-order valence-electron chi connectivity index (χ4n) is 2.72. The molecule has 1 aromatic rings. The standard InChI is InChI=1S/C12H21N3O3S/c16-7-6-11(10-4-2-1-3-5-10)15-19(17,18)12-8-13-9-14-12/h8-11,15-16H,1-7H2,(H,13,14). The van der Waals surface area contributed by atoms with E-state index in [9.17, 15) is 8.42 Å². The van der Waals surface area contributed by atoms with Crippen molar-refractivity contribution >= 4 is 10.0 Å². The van der Waals surface area contributed by atoms with Crippen LogP contribution in [0.25, 0.3) is 0 Å². The van der Waals surface area contributed by atoms with Gasteiger partial charge in [0.1, 0.15) is 0 Å². The van der Waals surface area contributed by atoms with Gasteiger partial charge in [0.15, 0.2) is 5.03 Å². The van der Waals surface area contributed by atoms with Crippen molar-refractivity contribution in [2.45, 2.75) is 49.6 Å². The lowest BCUT2D eigenvalue weighted by molar-refractivity contribution is 0.221. The molecule has 0 amide bonds. The molecule has 1 aromatic heterocycles. The van der Waals surface area contributed by atoms with E-state index in [0.29, 0.717) is 12.3 Å². The van der Waals surface area contributed by atoms with Gasteiger partial charge in [0.2, 0.25) is 0 Å². The molecule has 0 radical (unpaired) electrons. The highest BCUT2D eigenvalue weighted by molar-refractivity contribution is 7.89. The van der Waals surface area contributed by atoms with Crippen molar-refractivity contribution in [1.82, 2.24) is 14.7 Å². The molecule has 7 heteroatoms. The van der Waals surface area contributed by atoms with Crippen LogP contribution in [0.4, 0.5) is 0 Å². The Balaban J connectivity index is 2.07. The summed E-state index contributed by atoms with van der Waals surface area (Å²) in [6, 6.07) is -0.196. The van der Waals surface area contributed by atoms with Gasteiger partial charge in [-0.15, -0.1) is 0 Å². The number of H-pyrrole nitrogens is 1. The van der Waals surface area contributed by atoms with E-state index in [-0.39, 0.29) is 17.7 Å². The predicted octanol–water partition coefficient (Wildman–Crippen LogP) is 1.02. The summed E-state index contributed by atoms with van der Waals surface area (Å²) in [5.41, 5.74) is 0. The Kier molecular flexibility index (Phi) is 4.95. The van der Waals surface area contributed by atoms with E-state index in [2.05, 4.69) is 14.7 Å². The second kappa shape index (κ2) is 6.49. The Hall–Kier alpha value is -0.920. The third-order valence-electron chi connectivity index (χ3n) is 3.73. The lowest BCUT2D eigenvalue weighted by Crippen LogP contribution is -2.41. The summed E-state index contributed by atoms with van der Waals surface area (Å²) in [4.78, 5) is 6.33. The fourth-order valence-corrected chi connectivity index (χ4v) is 3.96. The van der Waals surface area contributed by atoms with Crippen LogP contribution in [0.5, 0.6) is 0 Å². The largest absolute Gasteiger partial charge is 0.396 e. The fraction of sp³-hybridized carbons (Fsp3) is 0.750. The summed E-state index contributed by atoms with van der Waals surface area (Å²) in [5.74, 6) is 0.318. The minimum absolute atomic E-state index is 0.00728. The van der Waals surface area contributed by atoms with Gasteiger partial charge in [0.25, 0.3) is 10.0 Å². The van der Waals surface area contributed by atoms with Gasteiger partial charge in [0.05, 0.1) is 12.5 Å². The number of hydrogen-bond acceptors (Lipinski definition) is 4. The van der Waals surface area contributed by atoms with Crippen LogP contribution in [0.15, 0.2) is 17.6 Å². The lowest BCUT2D eigenvalue weighted by Gasteiger charge is -2.30. The molecule has 1 heterocycles. The molecule has 0 aromatic carbocycles. The molecule has 108 valence electrons. The predicted molar refractivity (Wildman–Crippen MR) is 71.0 cm³/mol. The van der Waals surface area contributed by atoms with Crippen molar-refractivity contribution in [2.75, 3.05) is 6.61 Å². The Morgan fingerprint density at radius 1 is 1.42 bits per heavy atom. The number of hydrogen-bond donors (Lipinski definition) is 3. The third-order valence-corrected chi connectivity index (χ3v) is 5.14. The highest BCUT2D eigenvalue weighted by Crippen LogP contribution is 2.28. The normalized spacial score (nSPS) is 19.4. The first-order valence-corrected chi connectivity index (χ1v) is 8.23. The van der Waals surface area contributed by atoms with Crippen molar-refractivity contribution in [2.24, 2.45) is 5.92 Å². The molecule has 19 heavy (non-hydrogen) atoms. The van der Waals surface area contributed by atoms with E-state index >= 15 is 0 Å². The molecule has 1 saturated carbocycles. The highest BCUT2D eigenvalue weighted by atomic mass is 32.2. The summed E-state index contributed by atoms with van der Waals surface area (Å²) < 4.78 is 27.0. The maximum absolute atomic E-state index is 12.2. The van der Waals surface area contributed by atoms with Gasteiger partial charge in [-0.2, -0.15) is 0 Å². The minimum atomic E-state index is -3.57. The monoisotopic (exact) mass is 287 g/mol. The summed E-state index contributed by atoms with van der Waals surface area (Å²) >= 11 is 0. The van der Waals surface area contributed by atoms with Gasteiger partial charge < -0.3 is 10.1 Å². The van der Waals surface area contributed by atoms with Crippen molar-refractivity contribution in [3.63, 3.8) is 0 Å². The van der Waals surface area contributed by atoms with E-state index in [4.69, 9.17) is 5.11 Å². The van der Waals surface area contributed by atoms with E-state index < -0.39 is 10.0 Å². The Morgan fingerprint density at radius 3 is 2.74 bits per heavy atom. The summed E-state index contributed by atoms with van der Waals surface area (Å²) in [6.07, 6.45) is 8.63. The Labute approximate surface area is 113 Å². The van der Waals surface area contributed by atoms with E-state index in [1.807, 2.05) is 0 Å². The maximum atomic E-state index is 12.2. The van der Waals surface area contributed by atoms with Crippen LogP contribution in [0.3, 0.4) is 0 Å². The van der Waals surface area contributed by atoms with Crippen LogP contribution in [0, 0.1) is 5.92 Å². The second-order valence-corrected chi connectivity index (χ2v) is 6.74. The molecule has 2 rings (SSSR count). The number of aliphatic hydroxyl groups is 1. The van der Waals surface area contributed by atoms with Crippen LogP contribution in [-0.2, 0) is 10.0 Å². The zero-order valence-corrected chi connectivity index (χ0v) is 11.7. The zero-order chi connectivity index (χ0) is 13.7. The smallest absolute Gasteiger partial charge is 0.257 e. The molecule has 3 N–H and O–H groups in total. The van der Waals surface area contributed by atoms with E-state index in [0.717, 1.165) is 25.7 Å². The highest BCUT2D eigenvalue weighted by Gasteiger charge is 2.28. The molecule has 6 nitrogen and oxygen atoms in total. The van der Waals surface area contributed by atoms with Crippen LogP contribution >= 0.6 is 0 Å². The third kappa shape index (κ3) is 3.77. The van der Waals surface area contributed by atoms with Crippen molar-refractivity contribution in [3.05, 3.63) is 12.5 Å². The molecule has 1 unspecified atom stereocenters. The molecule has 0 spiro atoms. The second-order valence-electron chi connectivity index (χ2n) is 5.05. The first-order chi connectivity index (χ1) is 9.13. The number of nitrogens with one attached hydrogen (secondary N) is 2. The Morgan fingerprint density at radius 2 is 2.16 bits per heavy atom. The van der Waals surface area contributed by atoms with Gasteiger partial charge in [-0.3, -0.25) is 0 Å². The number of imidazole rings is 1. The minimum Gasteiger partial charge on any atom is -0.396 e. The Bertz CT molecular complexity index is 466. The van der Waals surface area contributed by atoms with Crippen molar-refractivity contribution < 1.29 is 13.5 Å². The van der Waals surface area contributed by atoms with Crippen LogP contribution < -0.4 is 4.72 Å². The topological polar surface area (TPSA) is 95.1 Å². The number of aromatic nitrogens is 2. The molecule has 1 fully saturated rings. The van der Waals surface area contributed by atoms with Crippen molar-refractivity contribution in [1.29, 1.82) is 0 Å². The van der Waals surface area contributed by atoms with Crippen molar-refractivity contribution in [3.8, 4) is 0 Å². The SMILES string of the molecule is O=S(=O)(NC(CCO)C1CCCCC1)c1cnc[nH]1. The van der Waals surface area contributed by atoms with Gasteiger partial charge in [-0.05, 0) is 25.2 Å². The number of aliphatic hydroxyl groups excluding tert-OH is 1. The molecule has 1 aliphatic rings.